The van der Waals surface area contributed by atoms with Crippen LogP contribution >= 0.6 is 0 Å². The zero-order valence-electron chi connectivity index (χ0n) is 12.5. The van der Waals surface area contributed by atoms with Gasteiger partial charge < -0.3 is 5.11 Å². The number of rotatable bonds is 3. The van der Waals surface area contributed by atoms with Crippen molar-refractivity contribution < 1.29 is 18.3 Å². The topological polar surface area (TPSA) is 33.1 Å². The van der Waals surface area contributed by atoms with Crippen molar-refractivity contribution in [2.75, 3.05) is 0 Å². The largest absolute Gasteiger partial charge is 0.416 e. The van der Waals surface area contributed by atoms with Crippen LogP contribution in [0.2, 0.25) is 0 Å². The molecule has 3 rings (SSSR count). The third-order valence-corrected chi connectivity index (χ3v) is 3.90. The van der Waals surface area contributed by atoms with Crippen molar-refractivity contribution >= 4 is 0 Å². The summed E-state index contributed by atoms with van der Waals surface area (Å²) in [6, 6.07) is 16.5. The molecule has 0 aliphatic heterocycles. The normalized spacial score (nSPS) is 14.2. The summed E-state index contributed by atoms with van der Waals surface area (Å²) in [4.78, 5) is 3.91. The van der Waals surface area contributed by atoms with Crippen molar-refractivity contribution in [1.82, 2.24) is 4.98 Å². The fraction of sp³-hybridized carbons (Fsp3) is 0.105. The molecule has 122 valence electrons. The SMILES string of the molecule is OC(c1ccccc1)(c1ccncc1)c1cccc(C(F)(F)F)c1. The summed E-state index contributed by atoms with van der Waals surface area (Å²) in [5.41, 5.74) is -1.43. The predicted molar refractivity (Wildman–Crippen MR) is 84.2 cm³/mol. The number of aliphatic hydroxyl groups is 1. The van der Waals surface area contributed by atoms with Crippen LogP contribution in [-0.2, 0) is 11.8 Å². The molecule has 0 saturated heterocycles. The van der Waals surface area contributed by atoms with Crippen molar-refractivity contribution in [3.05, 3.63) is 101 Å². The first kappa shape index (κ1) is 16.2. The summed E-state index contributed by atoms with van der Waals surface area (Å²) in [5, 5.41) is 11.4. The van der Waals surface area contributed by atoms with Crippen molar-refractivity contribution in [3.8, 4) is 0 Å². The van der Waals surface area contributed by atoms with Gasteiger partial charge in [0.1, 0.15) is 5.60 Å². The van der Waals surface area contributed by atoms with Crippen LogP contribution in [0.5, 0.6) is 0 Å². The Kier molecular flexibility index (Phi) is 4.11. The molecule has 1 unspecified atom stereocenters. The number of benzene rings is 2. The zero-order chi connectivity index (χ0) is 17.2. The maximum Gasteiger partial charge on any atom is 0.416 e. The fourth-order valence-electron chi connectivity index (χ4n) is 2.69. The first-order chi connectivity index (χ1) is 11.4. The van der Waals surface area contributed by atoms with Crippen molar-refractivity contribution in [3.63, 3.8) is 0 Å². The smallest absolute Gasteiger partial charge is 0.376 e. The Morgan fingerprint density at radius 2 is 1.21 bits per heavy atom. The molecule has 1 N–H and O–H groups in total. The van der Waals surface area contributed by atoms with Gasteiger partial charge in [-0.3, -0.25) is 4.98 Å². The molecule has 1 atom stereocenters. The Hall–Kier alpha value is -2.66. The molecular weight excluding hydrogens is 315 g/mol. The van der Waals surface area contributed by atoms with Crippen LogP contribution in [0.4, 0.5) is 13.2 Å². The molecule has 2 nitrogen and oxygen atoms in total. The lowest BCUT2D eigenvalue weighted by molar-refractivity contribution is -0.137. The first-order valence-electron chi connectivity index (χ1n) is 7.28. The quantitative estimate of drug-likeness (QED) is 0.773. The molecule has 0 bridgehead atoms. The number of hydrogen-bond acceptors (Lipinski definition) is 2. The van der Waals surface area contributed by atoms with E-state index < -0.39 is 17.3 Å². The van der Waals surface area contributed by atoms with E-state index in [0.29, 0.717) is 11.1 Å². The van der Waals surface area contributed by atoms with Gasteiger partial charge in [0.25, 0.3) is 0 Å². The Morgan fingerprint density at radius 1 is 0.667 bits per heavy atom. The van der Waals surface area contributed by atoms with Crippen LogP contribution in [0, 0.1) is 0 Å². The van der Waals surface area contributed by atoms with Gasteiger partial charge >= 0.3 is 6.18 Å². The summed E-state index contributed by atoms with van der Waals surface area (Å²) >= 11 is 0. The minimum absolute atomic E-state index is 0.148. The number of aromatic nitrogens is 1. The molecule has 1 aromatic heterocycles. The van der Waals surface area contributed by atoms with E-state index in [2.05, 4.69) is 4.98 Å². The zero-order valence-corrected chi connectivity index (χ0v) is 12.5. The Balaban J connectivity index is 2.24. The lowest BCUT2D eigenvalue weighted by Crippen LogP contribution is -2.29. The van der Waals surface area contributed by atoms with E-state index in [1.807, 2.05) is 0 Å². The highest BCUT2D eigenvalue weighted by molar-refractivity contribution is 5.47. The molecule has 5 heteroatoms. The van der Waals surface area contributed by atoms with Crippen LogP contribution < -0.4 is 0 Å². The van der Waals surface area contributed by atoms with Gasteiger partial charge in [-0.2, -0.15) is 13.2 Å². The highest BCUT2D eigenvalue weighted by Crippen LogP contribution is 2.39. The lowest BCUT2D eigenvalue weighted by Gasteiger charge is -2.30. The molecule has 0 fully saturated rings. The summed E-state index contributed by atoms with van der Waals surface area (Å²) in [7, 11) is 0. The monoisotopic (exact) mass is 329 g/mol. The van der Waals surface area contributed by atoms with Gasteiger partial charge in [0.05, 0.1) is 5.56 Å². The molecule has 24 heavy (non-hydrogen) atoms. The maximum atomic E-state index is 13.1. The predicted octanol–water partition coefficient (Wildman–Crippen LogP) is 4.38. The fourth-order valence-corrected chi connectivity index (χ4v) is 2.69. The van der Waals surface area contributed by atoms with Crippen molar-refractivity contribution in [2.24, 2.45) is 0 Å². The Bertz CT molecular complexity index is 777. The van der Waals surface area contributed by atoms with Gasteiger partial charge in [-0.15, -0.1) is 0 Å². The van der Waals surface area contributed by atoms with Gasteiger partial charge in [0.15, 0.2) is 0 Å². The average molecular weight is 329 g/mol. The summed E-state index contributed by atoms with van der Waals surface area (Å²) in [6.07, 6.45) is -1.49. The molecule has 3 aromatic rings. The van der Waals surface area contributed by atoms with Crippen LogP contribution in [-0.4, -0.2) is 10.1 Å². The molecule has 0 saturated carbocycles. The minimum atomic E-state index is -4.48. The summed E-state index contributed by atoms with van der Waals surface area (Å²) in [5.74, 6) is 0. The van der Waals surface area contributed by atoms with Gasteiger partial charge in [0, 0.05) is 12.4 Å². The van der Waals surface area contributed by atoms with E-state index in [4.69, 9.17) is 0 Å². The number of pyridine rings is 1. The van der Waals surface area contributed by atoms with Gasteiger partial charge in [-0.1, -0.05) is 42.5 Å². The average Bonchev–Trinajstić information content (AvgIpc) is 2.62. The molecule has 0 aliphatic carbocycles. The van der Waals surface area contributed by atoms with E-state index in [1.165, 1.54) is 24.5 Å². The highest BCUT2D eigenvalue weighted by Gasteiger charge is 2.37. The first-order valence-corrected chi connectivity index (χ1v) is 7.28. The van der Waals surface area contributed by atoms with Crippen LogP contribution in [0.15, 0.2) is 79.1 Å². The summed E-state index contributed by atoms with van der Waals surface area (Å²) in [6.45, 7) is 0. The highest BCUT2D eigenvalue weighted by atomic mass is 19.4. The molecular formula is C19H14F3NO. The molecule has 1 heterocycles. The second kappa shape index (κ2) is 6.09. The van der Waals surface area contributed by atoms with E-state index in [9.17, 15) is 18.3 Å². The number of nitrogens with zero attached hydrogens (tertiary/aromatic N) is 1. The summed E-state index contributed by atoms with van der Waals surface area (Å²) < 4.78 is 39.2. The van der Waals surface area contributed by atoms with Crippen molar-refractivity contribution in [1.29, 1.82) is 0 Å². The standard InChI is InChI=1S/C19H14F3NO/c20-19(21,22)17-8-4-7-16(13-17)18(24,14-5-2-1-3-6-14)15-9-11-23-12-10-15/h1-13,24H. The molecule has 0 amide bonds. The van der Waals surface area contributed by atoms with E-state index in [0.717, 1.165) is 12.1 Å². The Labute approximate surface area is 137 Å². The van der Waals surface area contributed by atoms with E-state index in [-0.39, 0.29) is 5.56 Å². The van der Waals surface area contributed by atoms with Gasteiger partial charge in [-0.25, -0.2) is 0 Å². The second-order valence-corrected chi connectivity index (χ2v) is 5.39. The van der Waals surface area contributed by atoms with Crippen LogP contribution in [0.1, 0.15) is 22.3 Å². The third-order valence-electron chi connectivity index (χ3n) is 3.90. The lowest BCUT2D eigenvalue weighted by atomic mass is 9.80. The molecule has 2 aromatic carbocycles. The minimum Gasteiger partial charge on any atom is -0.376 e. The van der Waals surface area contributed by atoms with Crippen LogP contribution in [0.25, 0.3) is 0 Å². The van der Waals surface area contributed by atoms with Gasteiger partial charge in [-0.05, 0) is 41.0 Å². The maximum absolute atomic E-state index is 13.1. The second-order valence-electron chi connectivity index (χ2n) is 5.39. The molecule has 0 spiro atoms. The molecule has 0 aliphatic rings. The van der Waals surface area contributed by atoms with E-state index >= 15 is 0 Å². The number of hydrogen-bond donors (Lipinski definition) is 1. The van der Waals surface area contributed by atoms with Crippen LogP contribution in [0.3, 0.4) is 0 Å². The van der Waals surface area contributed by atoms with Gasteiger partial charge in [0.2, 0.25) is 0 Å². The number of halogens is 3. The number of alkyl halides is 3. The third kappa shape index (κ3) is 2.90. The Morgan fingerprint density at radius 3 is 1.83 bits per heavy atom. The van der Waals surface area contributed by atoms with E-state index in [1.54, 1.807) is 42.5 Å². The molecule has 0 radical (unpaired) electrons. The van der Waals surface area contributed by atoms with Crippen molar-refractivity contribution in [2.45, 2.75) is 11.8 Å².